The van der Waals surface area contributed by atoms with Crippen molar-refractivity contribution in [2.45, 2.75) is 26.7 Å². The van der Waals surface area contributed by atoms with Gasteiger partial charge in [0.1, 0.15) is 12.0 Å². The van der Waals surface area contributed by atoms with Gasteiger partial charge in [-0.25, -0.2) is 0 Å². The standard InChI is InChI=1S/C11H14O2/c1-8-6-10(13)7-9(2)11(8)4-3-5-12/h5-7,13H,3-4H2,1-2H3. The van der Waals surface area contributed by atoms with Crippen molar-refractivity contribution in [1.29, 1.82) is 0 Å². The fraction of sp³-hybridized carbons (Fsp3) is 0.364. The molecule has 0 aliphatic heterocycles. The third-order valence-electron chi connectivity index (χ3n) is 2.19. The van der Waals surface area contributed by atoms with Crippen molar-refractivity contribution in [3.8, 4) is 5.75 Å². The smallest absolute Gasteiger partial charge is 0.120 e. The van der Waals surface area contributed by atoms with E-state index in [4.69, 9.17) is 0 Å². The van der Waals surface area contributed by atoms with E-state index in [2.05, 4.69) is 0 Å². The molecular weight excluding hydrogens is 164 g/mol. The maximum Gasteiger partial charge on any atom is 0.120 e. The molecule has 1 aromatic rings. The van der Waals surface area contributed by atoms with Gasteiger partial charge in [-0.1, -0.05) is 0 Å². The maximum atomic E-state index is 10.2. The molecule has 0 saturated carbocycles. The zero-order valence-electron chi connectivity index (χ0n) is 8.00. The Morgan fingerprint density at radius 1 is 1.31 bits per heavy atom. The number of hydrogen-bond acceptors (Lipinski definition) is 2. The molecule has 13 heavy (non-hydrogen) atoms. The minimum Gasteiger partial charge on any atom is -0.508 e. The second kappa shape index (κ2) is 4.08. The minimum absolute atomic E-state index is 0.296. The molecule has 1 aromatic carbocycles. The summed E-state index contributed by atoms with van der Waals surface area (Å²) in [4.78, 5) is 10.2. The number of hydrogen-bond donors (Lipinski definition) is 1. The highest BCUT2D eigenvalue weighted by Gasteiger charge is 2.03. The number of phenolic OH excluding ortho intramolecular Hbond substituents is 1. The second-order valence-electron chi connectivity index (χ2n) is 3.26. The average molecular weight is 178 g/mol. The number of aldehydes is 1. The molecule has 1 rings (SSSR count). The molecule has 0 amide bonds. The largest absolute Gasteiger partial charge is 0.508 e. The van der Waals surface area contributed by atoms with E-state index >= 15 is 0 Å². The lowest BCUT2D eigenvalue weighted by molar-refractivity contribution is -0.107. The number of phenols is 1. The Morgan fingerprint density at radius 2 is 1.85 bits per heavy atom. The van der Waals surface area contributed by atoms with Gasteiger partial charge >= 0.3 is 0 Å². The minimum atomic E-state index is 0.296. The Hall–Kier alpha value is -1.31. The summed E-state index contributed by atoms with van der Waals surface area (Å²) in [6, 6.07) is 3.46. The van der Waals surface area contributed by atoms with Gasteiger partial charge < -0.3 is 9.90 Å². The highest BCUT2D eigenvalue weighted by atomic mass is 16.3. The highest BCUT2D eigenvalue weighted by Crippen LogP contribution is 2.21. The van der Waals surface area contributed by atoms with Crippen LogP contribution in [0.25, 0.3) is 0 Å². The summed E-state index contributed by atoms with van der Waals surface area (Å²) in [6.07, 6.45) is 2.24. The van der Waals surface area contributed by atoms with Crippen molar-refractivity contribution in [1.82, 2.24) is 0 Å². The van der Waals surface area contributed by atoms with Crippen molar-refractivity contribution in [2.24, 2.45) is 0 Å². The third-order valence-corrected chi connectivity index (χ3v) is 2.19. The number of carbonyl (C=O) groups excluding carboxylic acids is 1. The van der Waals surface area contributed by atoms with Gasteiger partial charge in [0, 0.05) is 6.42 Å². The van der Waals surface area contributed by atoms with Crippen molar-refractivity contribution in [3.05, 3.63) is 28.8 Å². The molecule has 0 aliphatic rings. The van der Waals surface area contributed by atoms with Crippen molar-refractivity contribution in [3.63, 3.8) is 0 Å². The maximum absolute atomic E-state index is 10.2. The van der Waals surface area contributed by atoms with Crippen LogP contribution in [0, 0.1) is 13.8 Å². The van der Waals surface area contributed by atoms with E-state index in [0.717, 1.165) is 23.8 Å². The molecule has 0 saturated heterocycles. The Morgan fingerprint density at radius 3 is 2.31 bits per heavy atom. The molecule has 2 nitrogen and oxygen atoms in total. The van der Waals surface area contributed by atoms with Crippen molar-refractivity contribution < 1.29 is 9.90 Å². The lowest BCUT2D eigenvalue weighted by Crippen LogP contribution is -1.94. The topological polar surface area (TPSA) is 37.3 Å². The zero-order chi connectivity index (χ0) is 9.84. The predicted octanol–water partition coefficient (Wildman–Crippen LogP) is 2.14. The fourth-order valence-corrected chi connectivity index (χ4v) is 1.57. The third kappa shape index (κ3) is 2.31. The molecule has 70 valence electrons. The molecule has 0 fully saturated rings. The van der Waals surface area contributed by atoms with Crippen LogP contribution in [0.2, 0.25) is 0 Å². The first-order chi connectivity index (χ1) is 6.15. The van der Waals surface area contributed by atoms with Crippen LogP contribution in [0.1, 0.15) is 23.1 Å². The van der Waals surface area contributed by atoms with Crippen LogP contribution in [0.4, 0.5) is 0 Å². The van der Waals surface area contributed by atoms with Crippen molar-refractivity contribution >= 4 is 6.29 Å². The Bertz CT molecular complexity index is 293. The van der Waals surface area contributed by atoms with E-state index in [1.165, 1.54) is 5.56 Å². The molecule has 0 radical (unpaired) electrons. The Balaban J connectivity index is 2.98. The van der Waals surface area contributed by atoms with E-state index in [1.54, 1.807) is 12.1 Å². The van der Waals surface area contributed by atoms with Gasteiger partial charge in [-0.3, -0.25) is 0 Å². The summed E-state index contributed by atoms with van der Waals surface area (Å²) in [7, 11) is 0. The van der Waals surface area contributed by atoms with Gasteiger partial charge in [-0.2, -0.15) is 0 Å². The monoisotopic (exact) mass is 178 g/mol. The van der Waals surface area contributed by atoms with Crippen LogP contribution in [0.15, 0.2) is 12.1 Å². The van der Waals surface area contributed by atoms with E-state index in [-0.39, 0.29) is 0 Å². The summed E-state index contributed by atoms with van der Waals surface area (Å²) in [5.41, 5.74) is 3.28. The van der Waals surface area contributed by atoms with Gasteiger partial charge in [0.2, 0.25) is 0 Å². The molecule has 0 heterocycles. The second-order valence-corrected chi connectivity index (χ2v) is 3.26. The predicted molar refractivity (Wildman–Crippen MR) is 52.0 cm³/mol. The van der Waals surface area contributed by atoms with Crippen LogP contribution < -0.4 is 0 Å². The Kier molecular flexibility index (Phi) is 3.07. The van der Waals surface area contributed by atoms with Gasteiger partial charge in [0.15, 0.2) is 0 Å². The van der Waals surface area contributed by atoms with E-state index in [1.807, 2.05) is 13.8 Å². The molecular formula is C11H14O2. The fourth-order valence-electron chi connectivity index (χ4n) is 1.57. The average Bonchev–Trinajstić information content (AvgIpc) is 2.02. The molecule has 0 aromatic heterocycles. The summed E-state index contributed by atoms with van der Waals surface area (Å²) in [5, 5.41) is 9.27. The first-order valence-corrected chi connectivity index (χ1v) is 4.38. The van der Waals surface area contributed by atoms with Gasteiger partial charge in [0.05, 0.1) is 0 Å². The lowest BCUT2D eigenvalue weighted by Gasteiger charge is -2.08. The van der Waals surface area contributed by atoms with Crippen LogP contribution >= 0.6 is 0 Å². The first kappa shape index (κ1) is 9.78. The molecule has 0 atom stereocenters. The van der Waals surface area contributed by atoms with Crippen LogP contribution in [-0.2, 0) is 11.2 Å². The molecule has 0 spiro atoms. The van der Waals surface area contributed by atoms with E-state index in [0.29, 0.717) is 12.2 Å². The molecule has 0 unspecified atom stereocenters. The molecule has 0 aliphatic carbocycles. The summed E-state index contributed by atoms with van der Waals surface area (Å²) >= 11 is 0. The first-order valence-electron chi connectivity index (χ1n) is 4.38. The van der Waals surface area contributed by atoms with E-state index in [9.17, 15) is 9.90 Å². The van der Waals surface area contributed by atoms with Gasteiger partial charge in [-0.15, -0.1) is 0 Å². The highest BCUT2D eigenvalue weighted by molar-refractivity contribution is 5.51. The lowest BCUT2D eigenvalue weighted by atomic mass is 9.98. The normalized spacial score (nSPS) is 10.0. The van der Waals surface area contributed by atoms with E-state index < -0.39 is 0 Å². The molecule has 1 N–H and O–H groups in total. The molecule has 0 bridgehead atoms. The van der Waals surface area contributed by atoms with Gasteiger partial charge in [0.25, 0.3) is 0 Å². The number of aromatic hydroxyl groups is 1. The summed E-state index contributed by atoms with van der Waals surface area (Å²) in [6.45, 7) is 3.90. The number of benzene rings is 1. The number of aryl methyl sites for hydroxylation is 2. The Labute approximate surface area is 78.2 Å². The summed E-state index contributed by atoms with van der Waals surface area (Å²) in [5.74, 6) is 0.296. The summed E-state index contributed by atoms with van der Waals surface area (Å²) < 4.78 is 0. The number of rotatable bonds is 3. The van der Waals surface area contributed by atoms with Crippen molar-refractivity contribution in [2.75, 3.05) is 0 Å². The zero-order valence-corrected chi connectivity index (χ0v) is 8.00. The van der Waals surface area contributed by atoms with Gasteiger partial charge in [-0.05, 0) is 49.1 Å². The van der Waals surface area contributed by atoms with Crippen LogP contribution in [0.5, 0.6) is 5.75 Å². The van der Waals surface area contributed by atoms with Crippen LogP contribution in [-0.4, -0.2) is 11.4 Å². The molecule has 2 heteroatoms. The number of carbonyl (C=O) groups is 1. The quantitative estimate of drug-likeness (QED) is 0.720. The SMILES string of the molecule is Cc1cc(O)cc(C)c1CCC=O. The van der Waals surface area contributed by atoms with Crippen LogP contribution in [0.3, 0.4) is 0 Å².